The number of hydrogen-bond donors (Lipinski definition) is 1. The van der Waals surface area contributed by atoms with Crippen LogP contribution in [0.15, 0.2) is 24.3 Å². The van der Waals surface area contributed by atoms with Gasteiger partial charge in [-0.25, -0.2) is 4.39 Å². The van der Waals surface area contributed by atoms with Crippen molar-refractivity contribution in [3.63, 3.8) is 0 Å². The first-order valence-corrected chi connectivity index (χ1v) is 6.05. The zero-order valence-corrected chi connectivity index (χ0v) is 11.2. The van der Waals surface area contributed by atoms with Gasteiger partial charge in [0, 0.05) is 6.04 Å². The zero-order chi connectivity index (χ0) is 13.7. The van der Waals surface area contributed by atoms with E-state index in [1.54, 1.807) is 19.1 Å². The summed E-state index contributed by atoms with van der Waals surface area (Å²) in [4.78, 5) is 11.4. The van der Waals surface area contributed by atoms with Gasteiger partial charge in [-0.3, -0.25) is 10.1 Å². The van der Waals surface area contributed by atoms with Crippen molar-refractivity contribution in [2.24, 2.45) is 5.92 Å². The lowest BCUT2D eigenvalue weighted by Gasteiger charge is -2.25. The molecule has 0 aliphatic carbocycles. The number of ether oxygens (including phenoxy) is 1. The maximum absolute atomic E-state index is 12.9. The number of halogens is 1. The Bertz CT molecular complexity index is 389. The fourth-order valence-electron chi connectivity index (χ4n) is 1.86. The minimum atomic E-state index is -0.396. The molecule has 0 radical (unpaired) electrons. The van der Waals surface area contributed by atoms with E-state index in [0.717, 1.165) is 5.56 Å². The van der Waals surface area contributed by atoms with Crippen LogP contribution < -0.4 is 5.32 Å². The Morgan fingerprint density at radius 2 is 1.78 bits per heavy atom. The van der Waals surface area contributed by atoms with Crippen LogP contribution >= 0.6 is 0 Å². The van der Waals surface area contributed by atoms with Crippen molar-refractivity contribution in [1.82, 2.24) is 5.32 Å². The smallest absolute Gasteiger partial charge is 0.322 e. The number of carbonyl (C=O) groups is 1. The van der Waals surface area contributed by atoms with E-state index in [0.29, 0.717) is 0 Å². The Balaban J connectivity index is 2.83. The molecule has 1 aromatic rings. The summed E-state index contributed by atoms with van der Waals surface area (Å²) in [7, 11) is 1.36. The van der Waals surface area contributed by atoms with Gasteiger partial charge in [-0.15, -0.1) is 0 Å². The summed E-state index contributed by atoms with van der Waals surface area (Å²) in [6.07, 6.45) is 0. The molecule has 0 aliphatic heterocycles. The Hall–Kier alpha value is -1.42. The number of benzene rings is 1. The molecule has 0 heterocycles. The van der Waals surface area contributed by atoms with Gasteiger partial charge in [0.05, 0.1) is 7.11 Å². The third-order valence-corrected chi connectivity index (χ3v) is 2.88. The summed E-state index contributed by atoms with van der Waals surface area (Å²) in [6, 6.07) is 5.91. The highest BCUT2D eigenvalue weighted by molar-refractivity contribution is 5.75. The van der Waals surface area contributed by atoms with Crippen LogP contribution in [0.4, 0.5) is 4.39 Å². The number of rotatable bonds is 5. The number of nitrogens with one attached hydrogen (secondary N) is 1. The first-order valence-electron chi connectivity index (χ1n) is 6.05. The van der Waals surface area contributed by atoms with Gasteiger partial charge in [0.1, 0.15) is 11.9 Å². The molecule has 0 spiro atoms. The van der Waals surface area contributed by atoms with Crippen LogP contribution in [0.3, 0.4) is 0 Å². The quantitative estimate of drug-likeness (QED) is 0.820. The lowest BCUT2D eigenvalue weighted by molar-refractivity contribution is -0.142. The molecule has 0 aromatic heterocycles. The summed E-state index contributed by atoms with van der Waals surface area (Å²) < 4.78 is 17.6. The maximum atomic E-state index is 12.9. The van der Waals surface area contributed by atoms with E-state index in [2.05, 4.69) is 10.1 Å². The van der Waals surface area contributed by atoms with Gasteiger partial charge < -0.3 is 4.74 Å². The molecule has 0 saturated heterocycles. The van der Waals surface area contributed by atoms with Crippen molar-refractivity contribution < 1.29 is 13.9 Å². The average molecular weight is 253 g/mol. The number of carbonyl (C=O) groups excluding carboxylic acids is 1. The maximum Gasteiger partial charge on any atom is 0.322 e. The van der Waals surface area contributed by atoms with Crippen molar-refractivity contribution in [2.45, 2.75) is 32.9 Å². The first-order chi connectivity index (χ1) is 8.45. The van der Waals surface area contributed by atoms with Gasteiger partial charge in [-0.05, 0) is 30.5 Å². The molecule has 3 nitrogen and oxygen atoms in total. The summed E-state index contributed by atoms with van der Waals surface area (Å²) in [6.45, 7) is 5.85. The average Bonchev–Trinajstić information content (AvgIpc) is 2.35. The van der Waals surface area contributed by atoms with Crippen molar-refractivity contribution in [2.75, 3.05) is 7.11 Å². The predicted molar refractivity (Wildman–Crippen MR) is 68.6 cm³/mol. The Morgan fingerprint density at radius 1 is 1.22 bits per heavy atom. The number of esters is 1. The molecule has 2 atom stereocenters. The highest BCUT2D eigenvalue weighted by Gasteiger charge is 2.22. The molecule has 0 bridgehead atoms. The minimum absolute atomic E-state index is 0.0142. The van der Waals surface area contributed by atoms with Crippen LogP contribution in [0.1, 0.15) is 32.4 Å². The van der Waals surface area contributed by atoms with Gasteiger partial charge in [0.15, 0.2) is 0 Å². The largest absolute Gasteiger partial charge is 0.468 e. The fraction of sp³-hybridized carbons (Fsp3) is 0.500. The molecule has 1 N–H and O–H groups in total. The molecule has 2 unspecified atom stereocenters. The highest BCUT2D eigenvalue weighted by Crippen LogP contribution is 2.22. The Labute approximate surface area is 107 Å². The first kappa shape index (κ1) is 14.6. The predicted octanol–water partition coefficient (Wildman–Crippen LogP) is 2.67. The minimum Gasteiger partial charge on any atom is -0.468 e. The normalized spacial score (nSPS) is 14.3. The third-order valence-electron chi connectivity index (χ3n) is 2.88. The molecule has 0 fully saturated rings. The molecule has 1 rings (SSSR count). The van der Waals surface area contributed by atoms with E-state index >= 15 is 0 Å². The molecule has 0 saturated carbocycles. The van der Waals surface area contributed by atoms with Gasteiger partial charge in [-0.2, -0.15) is 0 Å². The van der Waals surface area contributed by atoms with Crippen LogP contribution in [0, 0.1) is 11.7 Å². The van der Waals surface area contributed by atoms with Crippen LogP contribution in [0.2, 0.25) is 0 Å². The van der Waals surface area contributed by atoms with E-state index in [-0.39, 0.29) is 23.7 Å². The summed E-state index contributed by atoms with van der Waals surface area (Å²) in [5.74, 6) is -0.285. The molecule has 4 heteroatoms. The van der Waals surface area contributed by atoms with E-state index in [9.17, 15) is 9.18 Å². The summed E-state index contributed by atoms with van der Waals surface area (Å²) in [5.41, 5.74) is 0.960. The van der Waals surface area contributed by atoms with Crippen molar-refractivity contribution in [3.05, 3.63) is 35.6 Å². The van der Waals surface area contributed by atoms with Crippen LogP contribution in [0.5, 0.6) is 0 Å². The van der Waals surface area contributed by atoms with Gasteiger partial charge in [0.25, 0.3) is 0 Å². The van der Waals surface area contributed by atoms with Crippen molar-refractivity contribution >= 4 is 5.97 Å². The van der Waals surface area contributed by atoms with E-state index in [4.69, 9.17) is 0 Å². The standard InChI is InChI=1S/C14H20FNO2/c1-9(2)13(16-10(3)14(17)18-4)11-5-7-12(15)8-6-11/h5-10,13,16H,1-4H3. The monoisotopic (exact) mass is 253 g/mol. The van der Waals surface area contributed by atoms with E-state index in [1.165, 1.54) is 19.2 Å². The second-order valence-electron chi connectivity index (χ2n) is 4.68. The van der Waals surface area contributed by atoms with Crippen molar-refractivity contribution in [1.29, 1.82) is 0 Å². The van der Waals surface area contributed by atoms with Gasteiger partial charge in [0.2, 0.25) is 0 Å². The van der Waals surface area contributed by atoms with E-state index in [1.807, 2.05) is 13.8 Å². The second-order valence-corrected chi connectivity index (χ2v) is 4.68. The summed E-state index contributed by atoms with van der Waals surface area (Å²) >= 11 is 0. The molecule has 0 amide bonds. The highest BCUT2D eigenvalue weighted by atomic mass is 19.1. The van der Waals surface area contributed by atoms with Crippen LogP contribution in [-0.4, -0.2) is 19.1 Å². The Kier molecular flexibility index (Phi) is 5.28. The SMILES string of the molecule is COC(=O)C(C)NC(c1ccc(F)cc1)C(C)C. The third kappa shape index (κ3) is 3.81. The lowest BCUT2D eigenvalue weighted by atomic mass is 9.95. The van der Waals surface area contributed by atoms with Gasteiger partial charge in [-0.1, -0.05) is 26.0 Å². The number of methoxy groups -OCH3 is 1. The van der Waals surface area contributed by atoms with Crippen LogP contribution in [0.25, 0.3) is 0 Å². The molecule has 1 aromatic carbocycles. The van der Waals surface area contributed by atoms with Gasteiger partial charge >= 0.3 is 5.97 Å². The second kappa shape index (κ2) is 6.50. The summed E-state index contributed by atoms with van der Waals surface area (Å²) in [5, 5.41) is 3.21. The number of hydrogen-bond acceptors (Lipinski definition) is 3. The molecule has 18 heavy (non-hydrogen) atoms. The van der Waals surface area contributed by atoms with E-state index < -0.39 is 6.04 Å². The molecular weight excluding hydrogens is 233 g/mol. The Morgan fingerprint density at radius 3 is 2.22 bits per heavy atom. The topological polar surface area (TPSA) is 38.3 Å². The fourth-order valence-corrected chi connectivity index (χ4v) is 1.86. The lowest BCUT2D eigenvalue weighted by Crippen LogP contribution is -2.39. The molecule has 100 valence electrons. The van der Waals surface area contributed by atoms with Crippen LogP contribution in [-0.2, 0) is 9.53 Å². The van der Waals surface area contributed by atoms with Crippen molar-refractivity contribution in [3.8, 4) is 0 Å². The molecular formula is C14H20FNO2. The zero-order valence-electron chi connectivity index (χ0n) is 11.2. The molecule has 0 aliphatic rings.